The second kappa shape index (κ2) is 8.19. The van der Waals surface area contributed by atoms with Crippen molar-refractivity contribution in [2.45, 2.75) is 6.10 Å². The summed E-state index contributed by atoms with van der Waals surface area (Å²) in [6.45, 7) is 0. The fraction of sp³-hybridized carbons (Fsp3) is 0.0455. The smallest absolute Gasteiger partial charge is 0.317 e. The third-order valence-electron chi connectivity index (χ3n) is 4.20. The van der Waals surface area contributed by atoms with Gasteiger partial charge in [-0.3, -0.25) is 4.79 Å². The van der Waals surface area contributed by atoms with Crippen molar-refractivity contribution in [2.75, 3.05) is 5.32 Å². The van der Waals surface area contributed by atoms with Gasteiger partial charge in [-0.2, -0.15) is 0 Å². The molecule has 0 radical (unpaired) electrons. The van der Waals surface area contributed by atoms with Gasteiger partial charge < -0.3 is 10.1 Å². The lowest BCUT2D eigenvalue weighted by atomic mass is 10.1. The van der Waals surface area contributed by atoms with Gasteiger partial charge in [-0.15, -0.1) is 0 Å². The summed E-state index contributed by atoms with van der Waals surface area (Å²) >= 11 is 3.54. The van der Waals surface area contributed by atoms with Crippen molar-refractivity contribution in [2.24, 2.45) is 0 Å². The Labute approximate surface area is 170 Å². The second-order valence-electron chi connectivity index (χ2n) is 6.10. The first-order valence-corrected chi connectivity index (χ1v) is 9.48. The summed E-state index contributed by atoms with van der Waals surface area (Å²) < 4.78 is 6.81. The minimum atomic E-state index is -0.873. The largest absolute Gasteiger partial charge is 0.445 e. The van der Waals surface area contributed by atoms with Crippen LogP contribution in [0.1, 0.15) is 11.7 Å². The lowest BCUT2D eigenvalue weighted by Gasteiger charge is -2.18. The number of rotatable bonds is 5. The molecule has 0 aliphatic rings. The highest BCUT2D eigenvalue weighted by Crippen LogP contribution is 2.27. The summed E-state index contributed by atoms with van der Waals surface area (Å²) in [5.74, 6) is -0.298. The Morgan fingerprint density at radius 2 is 1.71 bits per heavy atom. The Morgan fingerprint density at radius 1 is 0.929 bits per heavy atom. The highest BCUT2D eigenvalue weighted by molar-refractivity contribution is 9.10. The van der Waals surface area contributed by atoms with Gasteiger partial charge in [0.15, 0.2) is 0 Å². The molecule has 1 N–H and O–H groups in total. The quantitative estimate of drug-likeness (QED) is 0.472. The van der Waals surface area contributed by atoms with Crippen LogP contribution in [0.2, 0.25) is 0 Å². The van der Waals surface area contributed by atoms with E-state index in [0.29, 0.717) is 5.69 Å². The molecule has 1 atom stereocenters. The number of halogens is 1. The van der Waals surface area contributed by atoms with Crippen LogP contribution in [-0.2, 0) is 4.79 Å². The molecule has 0 aliphatic heterocycles. The number of benzene rings is 3. The number of amides is 1. The monoisotopic (exact) mass is 433 g/mol. The van der Waals surface area contributed by atoms with E-state index in [0.717, 1.165) is 20.8 Å². The highest BCUT2D eigenvalue weighted by atomic mass is 79.9. The third-order valence-corrected chi connectivity index (χ3v) is 4.89. The Morgan fingerprint density at radius 3 is 2.50 bits per heavy atom. The van der Waals surface area contributed by atoms with E-state index in [-0.39, 0.29) is 11.9 Å². The summed E-state index contributed by atoms with van der Waals surface area (Å²) in [7, 11) is 0. The van der Waals surface area contributed by atoms with E-state index < -0.39 is 6.10 Å². The Bertz CT molecular complexity index is 1100. The molecule has 0 saturated heterocycles. The summed E-state index contributed by atoms with van der Waals surface area (Å²) in [6.07, 6.45) is 2.27. The highest BCUT2D eigenvalue weighted by Gasteiger charge is 2.24. The van der Waals surface area contributed by atoms with E-state index in [1.807, 2.05) is 66.7 Å². The van der Waals surface area contributed by atoms with E-state index in [4.69, 9.17) is 4.74 Å². The normalized spacial score (nSPS) is 11.8. The molecule has 138 valence electrons. The standard InChI is InChI=1S/C22H16BrN3O2/c23-19-9-4-8-16-14-17(10-11-18(16)19)26-21(27)20(15-6-2-1-3-7-15)28-22-24-12-5-13-25-22/h1-14,20H,(H,26,27). The zero-order valence-electron chi connectivity index (χ0n) is 14.7. The molecule has 0 fully saturated rings. The van der Waals surface area contributed by atoms with Gasteiger partial charge >= 0.3 is 6.01 Å². The van der Waals surface area contributed by atoms with Crippen LogP contribution in [-0.4, -0.2) is 15.9 Å². The molecule has 1 heterocycles. The first-order chi connectivity index (χ1) is 13.7. The van der Waals surface area contributed by atoms with Crippen molar-refractivity contribution in [1.82, 2.24) is 9.97 Å². The van der Waals surface area contributed by atoms with Gasteiger partial charge in [0.25, 0.3) is 5.91 Å². The lowest BCUT2D eigenvalue weighted by molar-refractivity contribution is -0.123. The van der Waals surface area contributed by atoms with E-state index >= 15 is 0 Å². The number of nitrogens with zero attached hydrogens (tertiary/aromatic N) is 2. The van der Waals surface area contributed by atoms with Crippen molar-refractivity contribution in [3.8, 4) is 6.01 Å². The van der Waals surface area contributed by atoms with Gasteiger partial charge in [0.1, 0.15) is 0 Å². The maximum absolute atomic E-state index is 13.0. The zero-order chi connectivity index (χ0) is 19.3. The van der Waals surface area contributed by atoms with Crippen LogP contribution in [0.4, 0.5) is 5.69 Å². The van der Waals surface area contributed by atoms with Crippen molar-refractivity contribution >= 4 is 38.3 Å². The number of nitrogens with one attached hydrogen (secondary N) is 1. The van der Waals surface area contributed by atoms with Crippen LogP contribution >= 0.6 is 15.9 Å². The SMILES string of the molecule is O=C(Nc1ccc2c(Br)cccc2c1)C(Oc1ncccn1)c1ccccc1. The number of fused-ring (bicyclic) bond motifs is 1. The van der Waals surface area contributed by atoms with Crippen molar-refractivity contribution in [3.63, 3.8) is 0 Å². The van der Waals surface area contributed by atoms with Crippen LogP contribution in [0.15, 0.2) is 89.7 Å². The molecule has 28 heavy (non-hydrogen) atoms. The number of ether oxygens (including phenoxy) is 1. The molecule has 1 aromatic heterocycles. The zero-order valence-corrected chi connectivity index (χ0v) is 16.3. The van der Waals surface area contributed by atoms with E-state index in [9.17, 15) is 4.79 Å². The molecule has 4 aromatic rings. The van der Waals surface area contributed by atoms with E-state index in [1.54, 1.807) is 18.5 Å². The molecule has 6 heteroatoms. The third kappa shape index (κ3) is 4.02. The molecule has 1 amide bonds. The molecular formula is C22H16BrN3O2. The van der Waals surface area contributed by atoms with Gasteiger partial charge in [0.05, 0.1) is 0 Å². The molecule has 1 unspecified atom stereocenters. The molecule has 0 spiro atoms. The molecule has 0 bridgehead atoms. The number of aromatic nitrogens is 2. The van der Waals surface area contributed by atoms with Crippen LogP contribution in [0, 0.1) is 0 Å². The average Bonchev–Trinajstić information content (AvgIpc) is 2.73. The fourth-order valence-corrected chi connectivity index (χ4v) is 3.40. The Hall–Kier alpha value is -3.25. The van der Waals surface area contributed by atoms with Crippen LogP contribution in [0.25, 0.3) is 10.8 Å². The summed E-state index contributed by atoms with van der Waals surface area (Å²) in [4.78, 5) is 21.2. The fourth-order valence-electron chi connectivity index (χ4n) is 2.88. The summed E-state index contributed by atoms with van der Waals surface area (Å²) in [5, 5.41) is 5.04. The van der Waals surface area contributed by atoms with Crippen molar-refractivity contribution in [3.05, 3.63) is 95.2 Å². The predicted molar refractivity (Wildman–Crippen MR) is 112 cm³/mol. The van der Waals surface area contributed by atoms with Gasteiger partial charge in [-0.25, -0.2) is 9.97 Å². The molecule has 5 nitrogen and oxygen atoms in total. The average molecular weight is 434 g/mol. The van der Waals surface area contributed by atoms with Gasteiger partial charge in [0, 0.05) is 28.1 Å². The topological polar surface area (TPSA) is 64.1 Å². The molecular weight excluding hydrogens is 418 g/mol. The Balaban J connectivity index is 1.62. The summed E-state index contributed by atoms with van der Waals surface area (Å²) in [6, 6.07) is 22.8. The van der Waals surface area contributed by atoms with Crippen molar-refractivity contribution in [1.29, 1.82) is 0 Å². The Kier molecular flexibility index (Phi) is 5.30. The maximum Gasteiger partial charge on any atom is 0.317 e. The number of carbonyl (C=O) groups is 1. The number of hydrogen-bond donors (Lipinski definition) is 1. The molecule has 3 aromatic carbocycles. The van der Waals surface area contributed by atoms with Gasteiger partial charge in [0.2, 0.25) is 6.10 Å². The van der Waals surface area contributed by atoms with Gasteiger partial charge in [-0.05, 0) is 35.0 Å². The number of hydrogen-bond acceptors (Lipinski definition) is 4. The van der Waals surface area contributed by atoms with Crippen LogP contribution in [0.3, 0.4) is 0 Å². The van der Waals surface area contributed by atoms with Crippen molar-refractivity contribution < 1.29 is 9.53 Å². The predicted octanol–water partition coefficient (Wildman–Crippen LogP) is 5.15. The maximum atomic E-state index is 13.0. The first-order valence-electron chi connectivity index (χ1n) is 8.68. The molecule has 0 aliphatic carbocycles. The van der Waals surface area contributed by atoms with Crippen LogP contribution < -0.4 is 10.1 Å². The first kappa shape index (κ1) is 18.1. The van der Waals surface area contributed by atoms with Crippen LogP contribution in [0.5, 0.6) is 6.01 Å². The minimum absolute atomic E-state index is 0.147. The summed E-state index contributed by atoms with van der Waals surface area (Å²) in [5.41, 5.74) is 1.41. The second-order valence-corrected chi connectivity index (χ2v) is 6.96. The number of anilines is 1. The minimum Gasteiger partial charge on any atom is -0.445 e. The lowest BCUT2D eigenvalue weighted by Crippen LogP contribution is -2.26. The van der Waals surface area contributed by atoms with Gasteiger partial charge in [-0.1, -0.05) is 64.5 Å². The van der Waals surface area contributed by atoms with E-state index in [2.05, 4.69) is 31.2 Å². The number of carbonyl (C=O) groups excluding carboxylic acids is 1. The molecule has 0 saturated carbocycles. The van der Waals surface area contributed by atoms with E-state index in [1.165, 1.54) is 0 Å². The molecule has 4 rings (SSSR count).